The standard InChI is InChI=1S/C18H13F2N5O/c19-12-3-1-11(2-4-12)17-23-18-22-15(9-16(26)25(18)24-17)10-21-14-7-5-13(20)6-8-14/h1-9,21H,10H2,(H,22,23,24). The van der Waals surface area contributed by atoms with Crippen LogP contribution in [0.3, 0.4) is 0 Å². The first-order valence-electron chi connectivity index (χ1n) is 7.83. The second kappa shape index (κ2) is 6.40. The van der Waals surface area contributed by atoms with Gasteiger partial charge < -0.3 is 10.3 Å². The Labute approximate surface area is 146 Å². The molecule has 26 heavy (non-hydrogen) atoms. The summed E-state index contributed by atoms with van der Waals surface area (Å²) in [7, 11) is 0. The molecule has 6 nitrogen and oxygen atoms in total. The number of rotatable bonds is 4. The van der Waals surface area contributed by atoms with E-state index in [2.05, 4.69) is 20.4 Å². The molecule has 0 amide bonds. The third kappa shape index (κ3) is 3.16. The van der Waals surface area contributed by atoms with Crippen molar-refractivity contribution in [2.75, 3.05) is 5.32 Å². The summed E-state index contributed by atoms with van der Waals surface area (Å²) in [5, 5.41) is 7.25. The van der Waals surface area contributed by atoms with Crippen molar-refractivity contribution in [3.05, 3.63) is 82.3 Å². The van der Waals surface area contributed by atoms with Crippen LogP contribution in [0.1, 0.15) is 5.69 Å². The zero-order valence-electron chi connectivity index (χ0n) is 13.4. The second-order valence-corrected chi connectivity index (χ2v) is 5.67. The average Bonchev–Trinajstić information content (AvgIpc) is 3.07. The van der Waals surface area contributed by atoms with Crippen LogP contribution in [0.5, 0.6) is 0 Å². The van der Waals surface area contributed by atoms with Gasteiger partial charge in [-0.3, -0.25) is 4.79 Å². The van der Waals surface area contributed by atoms with Crippen LogP contribution in [0, 0.1) is 11.6 Å². The molecule has 0 spiro atoms. The van der Waals surface area contributed by atoms with E-state index in [9.17, 15) is 13.6 Å². The number of aromatic amines is 1. The number of hydrogen-bond acceptors (Lipinski definition) is 4. The van der Waals surface area contributed by atoms with Crippen LogP contribution in [0.4, 0.5) is 14.5 Å². The molecule has 0 fully saturated rings. The van der Waals surface area contributed by atoms with Crippen molar-refractivity contribution in [1.29, 1.82) is 0 Å². The molecule has 2 heterocycles. The average molecular weight is 353 g/mol. The van der Waals surface area contributed by atoms with Crippen LogP contribution < -0.4 is 10.9 Å². The summed E-state index contributed by atoms with van der Waals surface area (Å²) in [5.41, 5.74) is 1.59. The number of hydrogen-bond donors (Lipinski definition) is 2. The summed E-state index contributed by atoms with van der Waals surface area (Å²) in [6.45, 7) is 0.329. The number of nitrogens with zero attached hydrogens (tertiary/aromatic N) is 3. The quantitative estimate of drug-likeness (QED) is 0.591. The van der Waals surface area contributed by atoms with Crippen molar-refractivity contribution in [2.45, 2.75) is 6.54 Å². The van der Waals surface area contributed by atoms with Crippen LogP contribution in [0.25, 0.3) is 17.2 Å². The monoisotopic (exact) mass is 353 g/mol. The number of aromatic nitrogens is 4. The van der Waals surface area contributed by atoms with Gasteiger partial charge >= 0.3 is 0 Å². The molecule has 130 valence electrons. The van der Waals surface area contributed by atoms with Crippen molar-refractivity contribution in [3.63, 3.8) is 0 Å². The third-order valence-corrected chi connectivity index (χ3v) is 3.82. The highest BCUT2D eigenvalue weighted by atomic mass is 19.1. The molecule has 0 radical (unpaired) electrons. The molecule has 0 aliphatic carbocycles. The third-order valence-electron chi connectivity index (χ3n) is 3.82. The highest BCUT2D eigenvalue weighted by Crippen LogP contribution is 2.16. The first-order chi connectivity index (χ1) is 12.6. The van der Waals surface area contributed by atoms with Gasteiger partial charge in [-0.25, -0.2) is 8.78 Å². The number of benzene rings is 2. The second-order valence-electron chi connectivity index (χ2n) is 5.67. The van der Waals surface area contributed by atoms with Crippen molar-refractivity contribution in [3.8, 4) is 11.4 Å². The molecule has 0 aliphatic rings. The predicted octanol–water partition coefficient (Wildman–Crippen LogP) is 2.97. The number of anilines is 1. The molecule has 2 N–H and O–H groups in total. The van der Waals surface area contributed by atoms with E-state index in [1.807, 2.05) is 0 Å². The molecule has 0 bridgehead atoms. The summed E-state index contributed by atoms with van der Waals surface area (Å²) in [4.78, 5) is 19.6. The predicted molar refractivity (Wildman–Crippen MR) is 92.7 cm³/mol. The lowest BCUT2D eigenvalue weighted by Gasteiger charge is -2.06. The van der Waals surface area contributed by atoms with E-state index in [4.69, 9.17) is 0 Å². The van der Waals surface area contributed by atoms with Crippen molar-refractivity contribution in [2.24, 2.45) is 0 Å². The van der Waals surface area contributed by atoms with E-state index in [0.717, 1.165) is 10.2 Å². The molecule has 4 aromatic rings. The van der Waals surface area contributed by atoms with E-state index >= 15 is 0 Å². The number of halogens is 2. The smallest absolute Gasteiger partial charge is 0.275 e. The molecule has 0 aliphatic heterocycles. The molecule has 0 unspecified atom stereocenters. The van der Waals surface area contributed by atoms with Gasteiger partial charge in [0.25, 0.3) is 5.56 Å². The molecular weight excluding hydrogens is 340 g/mol. The zero-order valence-corrected chi connectivity index (χ0v) is 13.4. The van der Waals surface area contributed by atoms with Gasteiger partial charge in [0.2, 0.25) is 5.78 Å². The minimum Gasteiger partial charge on any atom is -0.379 e. The molecule has 0 saturated carbocycles. The van der Waals surface area contributed by atoms with E-state index in [0.29, 0.717) is 23.6 Å². The van der Waals surface area contributed by atoms with Crippen LogP contribution in [-0.2, 0) is 6.54 Å². The van der Waals surface area contributed by atoms with Crippen LogP contribution in [-0.4, -0.2) is 19.6 Å². The van der Waals surface area contributed by atoms with Gasteiger partial charge in [0, 0.05) is 23.0 Å². The maximum absolute atomic E-state index is 13.0. The number of nitrogens with one attached hydrogen (secondary N) is 2. The highest BCUT2D eigenvalue weighted by Gasteiger charge is 2.10. The van der Waals surface area contributed by atoms with E-state index < -0.39 is 0 Å². The van der Waals surface area contributed by atoms with Crippen molar-refractivity contribution >= 4 is 11.5 Å². The molecule has 8 heteroatoms. The lowest BCUT2D eigenvalue weighted by molar-refractivity contribution is 0.627. The Kier molecular flexibility index (Phi) is 3.92. The Balaban J connectivity index is 1.62. The number of fused-ring (bicyclic) bond motifs is 1. The minimum absolute atomic E-state index is 0.285. The topological polar surface area (TPSA) is 75.1 Å². The van der Waals surface area contributed by atoms with Gasteiger partial charge in [-0.05, 0) is 48.5 Å². The van der Waals surface area contributed by atoms with Gasteiger partial charge in [-0.2, -0.15) is 9.50 Å². The molecule has 0 saturated heterocycles. The normalized spacial score (nSPS) is 11.0. The fraction of sp³-hybridized carbons (Fsp3) is 0.0556. The Morgan fingerprint density at radius 3 is 2.35 bits per heavy atom. The maximum atomic E-state index is 13.0. The largest absolute Gasteiger partial charge is 0.379 e. The maximum Gasteiger partial charge on any atom is 0.275 e. The van der Waals surface area contributed by atoms with Crippen LogP contribution in [0.2, 0.25) is 0 Å². The number of H-pyrrole nitrogens is 1. The Morgan fingerprint density at radius 2 is 1.65 bits per heavy atom. The van der Waals surface area contributed by atoms with Gasteiger partial charge in [-0.1, -0.05) is 0 Å². The van der Waals surface area contributed by atoms with Crippen molar-refractivity contribution < 1.29 is 8.78 Å². The van der Waals surface area contributed by atoms with Crippen LogP contribution >= 0.6 is 0 Å². The lowest BCUT2D eigenvalue weighted by Crippen LogP contribution is -2.17. The summed E-state index contributed by atoms with van der Waals surface area (Å²) < 4.78 is 27.1. The van der Waals surface area contributed by atoms with Crippen molar-refractivity contribution in [1.82, 2.24) is 19.6 Å². The SMILES string of the molecule is O=c1cc(CNc2ccc(F)cc2)[nH]c2nc(-c3ccc(F)cc3)nn12. The lowest BCUT2D eigenvalue weighted by atomic mass is 10.2. The molecule has 2 aromatic heterocycles. The van der Waals surface area contributed by atoms with E-state index in [1.165, 1.54) is 30.3 Å². The molecule has 0 atom stereocenters. The molecule has 2 aromatic carbocycles. The van der Waals surface area contributed by atoms with Gasteiger partial charge in [-0.15, -0.1) is 5.10 Å². The Morgan fingerprint density at radius 1 is 1.00 bits per heavy atom. The van der Waals surface area contributed by atoms with Gasteiger partial charge in [0.1, 0.15) is 11.6 Å². The Bertz CT molecular complexity index is 1120. The summed E-state index contributed by atoms with van der Waals surface area (Å²) in [5.74, 6) is -0.0698. The minimum atomic E-state index is -0.359. The van der Waals surface area contributed by atoms with E-state index in [1.54, 1.807) is 24.3 Å². The first-order valence-corrected chi connectivity index (χ1v) is 7.83. The fourth-order valence-corrected chi connectivity index (χ4v) is 2.52. The summed E-state index contributed by atoms with van der Waals surface area (Å²) in [6, 6.07) is 13.0. The molecular formula is C18H13F2N5O. The zero-order chi connectivity index (χ0) is 18.1. The fourth-order valence-electron chi connectivity index (χ4n) is 2.52. The van der Waals surface area contributed by atoms with E-state index in [-0.39, 0.29) is 23.0 Å². The van der Waals surface area contributed by atoms with Crippen LogP contribution in [0.15, 0.2) is 59.4 Å². The Hall–Kier alpha value is -3.55. The van der Waals surface area contributed by atoms with Gasteiger partial charge in [0.05, 0.1) is 6.54 Å². The summed E-state index contributed by atoms with van der Waals surface area (Å²) in [6.07, 6.45) is 0. The highest BCUT2D eigenvalue weighted by molar-refractivity contribution is 5.56. The molecule has 4 rings (SSSR count). The summed E-state index contributed by atoms with van der Waals surface area (Å²) >= 11 is 0. The van der Waals surface area contributed by atoms with Gasteiger partial charge in [0.15, 0.2) is 5.82 Å². The first kappa shape index (κ1) is 15.9.